The Kier molecular flexibility index (Phi) is 6.93. The lowest BCUT2D eigenvalue weighted by atomic mass is 10.2. The molecule has 6 heteroatoms. The van der Waals surface area contributed by atoms with Crippen LogP contribution in [-0.2, 0) is 13.1 Å². The lowest BCUT2D eigenvalue weighted by Gasteiger charge is -2.32. The quantitative estimate of drug-likeness (QED) is 0.493. The number of ether oxygens (including phenoxy) is 1. The van der Waals surface area contributed by atoms with Gasteiger partial charge in [-0.2, -0.15) is 0 Å². The summed E-state index contributed by atoms with van der Waals surface area (Å²) in [4.78, 5) is 9.86. The number of unbranched alkanes of at least 4 members (excludes halogenated alkanes) is 1. The van der Waals surface area contributed by atoms with E-state index in [0.717, 1.165) is 74.0 Å². The van der Waals surface area contributed by atoms with Gasteiger partial charge in [-0.15, -0.1) is 0 Å². The average molecular weight is 427 g/mol. The fourth-order valence-electron chi connectivity index (χ4n) is 3.97. The van der Waals surface area contributed by atoms with Crippen molar-refractivity contribution in [1.82, 2.24) is 19.4 Å². The molecule has 4 rings (SSSR count). The van der Waals surface area contributed by atoms with Crippen LogP contribution >= 0.6 is 11.6 Å². The molecule has 160 valence electrons. The highest BCUT2D eigenvalue weighted by atomic mass is 35.5. The first-order valence-electron chi connectivity index (χ1n) is 10.8. The first kappa shape index (κ1) is 21.2. The first-order valence-corrected chi connectivity index (χ1v) is 11.2. The number of nitrogens with zero attached hydrogens (tertiary/aromatic N) is 4. The van der Waals surface area contributed by atoms with Gasteiger partial charge in [-0.3, -0.25) is 4.90 Å². The summed E-state index contributed by atoms with van der Waals surface area (Å²) in [6.45, 7) is 9.06. The zero-order chi connectivity index (χ0) is 20.9. The number of halogens is 1. The summed E-state index contributed by atoms with van der Waals surface area (Å²) >= 11 is 6.09. The number of aryl methyl sites for hydroxylation is 2. The maximum atomic E-state index is 6.09. The van der Waals surface area contributed by atoms with E-state index in [2.05, 4.69) is 45.7 Å². The van der Waals surface area contributed by atoms with Crippen molar-refractivity contribution in [2.75, 3.05) is 39.8 Å². The molecule has 1 aliphatic heterocycles. The molecule has 0 N–H and O–H groups in total. The van der Waals surface area contributed by atoms with E-state index in [1.807, 2.05) is 25.1 Å². The van der Waals surface area contributed by atoms with Gasteiger partial charge in [-0.25, -0.2) is 4.98 Å². The van der Waals surface area contributed by atoms with Gasteiger partial charge < -0.3 is 14.2 Å². The van der Waals surface area contributed by atoms with Crippen molar-refractivity contribution in [3.8, 4) is 5.75 Å². The molecule has 5 nitrogen and oxygen atoms in total. The zero-order valence-electron chi connectivity index (χ0n) is 18.0. The molecule has 3 aromatic rings. The molecule has 1 fully saturated rings. The van der Waals surface area contributed by atoms with Crippen molar-refractivity contribution in [2.45, 2.75) is 32.9 Å². The molecular weight excluding hydrogens is 396 g/mol. The van der Waals surface area contributed by atoms with Gasteiger partial charge in [-0.05, 0) is 62.7 Å². The lowest BCUT2D eigenvalue weighted by molar-refractivity contribution is 0.144. The van der Waals surface area contributed by atoms with E-state index in [-0.39, 0.29) is 0 Å². The topological polar surface area (TPSA) is 33.5 Å². The number of imidazole rings is 1. The van der Waals surface area contributed by atoms with E-state index in [4.69, 9.17) is 21.3 Å². The number of fused-ring (bicyclic) bond motifs is 1. The Labute approximate surface area is 184 Å². The van der Waals surface area contributed by atoms with Crippen molar-refractivity contribution in [1.29, 1.82) is 0 Å². The van der Waals surface area contributed by atoms with Gasteiger partial charge in [0, 0.05) is 37.7 Å². The maximum Gasteiger partial charge on any atom is 0.124 e. The van der Waals surface area contributed by atoms with Crippen LogP contribution in [0.2, 0.25) is 5.02 Å². The molecule has 0 amide bonds. The molecule has 0 saturated carbocycles. The SMILES string of the molecule is Cc1cc(OCCCCn2c(CN3CCN(C)CC3)nc3ccccc32)ccc1Cl. The molecule has 2 aromatic carbocycles. The number of likely N-dealkylation sites (N-methyl/N-ethyl adjacent to an activating group) is 1. The van der Waals surface area contributed by atoms with Gasteiger partial charge in [0.25, 0.3) is 0 Å². The van der Waals surface area contributed by atoms with Gasteiger partial charge in [0.1, 0.15) is 11.6 Å². The number of hydrogen-bond donors (Lipinski definition) is 0. The van der Waals surface area contributed by atoms with E-state index in [1.165, 1.54) is 11.3 Å². The number of para-hydroxylation sites is 2. The van der Waals surface area contributed by atoms with Gasteiger partial charge >= 0.3 is 0 Å². The Morgan fingerprint density at radius 1 is 1.03 bits per heavy atom. The third-order valence-electron chi connectivity index (χ3n) is 5.87. The van der Waals surface area contributed by atoms with Crippen LogP contribution in [0.3, 0.4) is 0 Å². The molecule has 0 bridgehead atoms. The molecule has 0 aliphatic carbocycles. The van der Waals surface area contributed by atoms with Crippen molar-refractivity contribution in [2.24, 2.45) is 0 Å². The summed E-state index contributed by atoms with van der Waals surface area (Å²) < 4.78 is 8.32. The minimum Gasteiger partial charge on any atom is -0.494 e. The van der Waals surface area contributed by atoms with Crippen LogP contribution in [0, 0.1) is 6.92 Å². The molecule has 0 atom stereocenters. The molecule has 0 radical (unpaired) electrons. The molecule has 30 heavy (non-hydrogen) atoms. The van der Waals surface area contributed by atoms with Gasteiger partial charge in [0.2, 0.25) is 0 Å². The van der Waals surface area contributed by atoms with Crippen LogP contribution < -0.4 is 4.74 Å². The molecule has 2 heterocycles. The number of piperazine rings is 1. The van der Waals surface area contributed by atoms with Crippen molar-refractivity contribution < 1.29 is 4.74 Å². The highest BCUT2D eigenvalue weighted by Crippen LogP contribution is 2.22. The largest absolute Gasteiger partial charge is 0.494 e. The van der Waals surface area contributed by atoms with Crippen molar-refractivity contribution >= 4 is 22.6 Å². The average Bonchev–Trinajstić information content (AvgIpc) is 3.09. The maximum absolute atomic E-state index is 6.09. The van der Waals surface area contributed by atoms with Crippen molar-refractivity contribution in [3.63, 3.8) is 0 Å². The second kappa shape index (κ2) is 9.82. The van der Waals surface area contributed by atoms with E-state index in [9.17, 15) is 0 Å². The predicted molar refractivity (Wildman–Crippen MR) is 123 cm³/mol. The smallest absolute Gasteiger partial charge is 0.124 e. The molecule has 0 unspecified atom stereocenters. The number of hydrogen-bond acceptors (Lipinski definition) is 4. The number of benzene rings is 2. The van der Waals surface area contributed by atoms with E-state index in [1.54, 1.807) is 0 Å². The standard InChI is InChI=1S/C24H31ClN4O/c1-19-17-20(9-10-21(19)25)30-16-6-5-11-29-23-8-4-3-7-22(23)26-24(29)18-28-14-12-27(2)13-15-28/h3-4,7-10,17H,5-6,11-16,18H2,1-2H3. The van der Waals surface area contributed by atoms with Gasteiger partial charge in [0.15, 0.2) is 0 Å². The number of rotatable bonds is 8. The van der Waals surface area contributed by atoms with E-state index >= 15 is 0 Å². The lowest BCUT2D eigenvalue weighted by Crippen LogP contribution is -2.44. The summed E-state index contributed by atoms with van der Waals surface area (Å²) in [6.07, 6.45) is 2.06. The highest BCUT2D eigenvalue weighted by Gasteiger charge is 2.18. The van der Waals surface area contributed by atoms with Gasteiger partial charge in [-0.1, -0.05) is 23.7 Å². The summed E-state index contributed by atoms with van der Waals surface area (Å²) in [5.41, 5.74) is 3.37. The Hall–Kier alpha value is -2.08. The Bertz CT molecular complexity index is 978. The molecular formula is C24H31ClN4O. The summed E-state index contributed by atoms with van der Waals surface area (Å²) in [5.74, 6) is 2.07. The predicted octanol–water partition coefficient (Wildman–Crippen LogP) is 4.60. The second-order valence-corrected chi connectivity index (χ2v) is 8.62. The Morgan fingerprint density at radius 3 is 2.63 bits per heavy atom. The van der Waals surface area contributed by atoms with E-state index in [0.29, 0.717) is 6.61 Å². The van der Waals surface area contributed by atoms with Crippen LogP contribution in [0.4, 0.5) is 0 Å². The molecule has 0 spiro atoms. The van der Waals surface area contributed by atoms with Crippen LogP contribution in [-0.4, -0.2) is 59.2 Å². The van der Waals surface area contributed by atoms with Crippen molar-refractivity contribution in [3.05, 3.63) is 58.9 Å². The highest BCUT2D eigenvalue weighted by molar-refractivity contribution is 6.31. The monoisotopic (exact) mass is 426 g/mol. The van der Waals surface area contributed by atoms with Crippen LogP contribution in [0.1, 0.15) is 24.2 Å². The normalized spacial score (nSPS) is 15.7. The molecule has 1 aromatic heterocycles. The van der Waals surface area contributed by atoms with E-state index < -0.39 is 0 Å². The minimum absolute atomic E-state index is 0.710. The third-order valence-corrected chi connectivity index (χ3v) is 6.29. The van der Waals surface area contributed by atoms with Crippen LogP contribution in [0.5, 0.6) is 5.75 Å². The van der Waals surface area contributed by atoms with Crippen LogP contribution in [0.15, 0.2) is 42.5 Å². The van der Waals surface area contributed by atoms with Gasteiger partial charge in [0.05, 0.1) is 24.2 Å². The minimum atomic E-state index is 0.710. The van der Waals surface area contributed by atoms with Crippen LogP contribution in [0.25, 0.3) is 11.0 Å². The zero-order valence-corrected chi connectivity index (χ0v) is 18.7. The fourth-order valence-corrected chi connectivity index (χ4v) is 4.09. The number of aromatic nitrogens is 2. The Morgan fingerprint density at radius 2 is 1.83 bits per heavy atom. The summed E-state index contributed by atoms with van der Waals surface area (Å²) in [5, 5.41) is 0.780. The third kappa shape index (κ3) is 5.15. The fraction of sp³-hybridized carbons (Fsp3) is 0.458. The summed E-state index contributed by atoms with van der Waals surface area (Å²) in [6, 6.07) is 14.3. The molecule has 1 saturated heterocycles. The summed E-state index contributed by atoms with van der Waals surface area (Å²) in [7, 11) is 2.19. The first-order chi connectivity index (χ1) is 14.6. The Balaban J connectivity index is 1.36. The second-order valence-electron chi connectivity index (χ2n) is 8.21. The molecule has 1 aliphatic rings.